The number of nitrogens with one attached hydrogen (secondary N) is 1. The molecule has 0 fully saturated rings. The predicted molar refractivity (Wildman–Crippen MR) is 144 cm³/mol. The number of carbonyl (C=O) groups excluding carboxylic acids is 1. The molecular formula is C27H20Br2N2O4. The van der Waals surface area contributed by atoms with E-state index in [0.29, 0.717) is 31.7 Å². The summed E-state index contributed by atoms with van der Waals surface area (Å²) in [5.74, 6) is 1.27. The van der Waals surface area contributed by atoms with Gasteiger partial charge in [0.2, 0.25) is 0 Å². The predicted octanol–water partition coefficient (Wildman–Crippen LogP) is 7.50. The first-order valence-electron chi connectivity index (χ1n) is 10.5. The number of ether oxygens (including phenoxy) is 2. The number of hydrogen-bond acceptors (Lipinski definition) is 5. The van der Waals surface area contributed by atoms with Gasteiger partial charge in [-0.3, -0.25) is 4.79 Å². The third-order valence-electron chi connectivity index (χ3n) is 5.09. The number of hydrogen-bond donors (Lipinski definition) is 2. The first-order valence-corrected chi connectivity index (χ1v) is 12.1. The molecule has 0 spiro atoms. The summed E-state index contributed by atoms with van der Waals surface area (Å²) in [6.45, 7) is 0. The maximum atomic E-state index is 12.7. The molecule has 2 N–H and O–H groups in total. The summed E-state index contributed by atoms with van der Waals surface area (Å²) in [6.07, 6.45) is 0. The molecule has 0 aromatic heterocycles. The van der Waals surface area contributed by atoms with E-state index in [9.17, 15) is 10.0 Å². The van der Waals surface area contributed by atoms with Crippen LogP contribution in [0.3, 0.4) is 0 Å². The zero-order valence-corrected chi connectivity index (χ0v) is 21.7. The summed E-state index contributed by atoms with van der Waals surface area (Å²) in [5, 5.41) is 15.5. The van der Waals surface area contributed by atoms with Crippen molar-refractivity contribution in [2.24, 2.45) is 5.16 Å². The van der Waals surface area contributed by atoms with Crippen molar-refractivity contribution < 1.29 is 19.5 Å². The number of halogens is 2. The number of methoxy groups -OCH3 is 1. The van der Waals surface area contributed by atoms with Gasteiger partial charge in [-0.05, 0) is 79.9 Å². The van der Waals surface area contributed by atoms with Crippen LogP contribution in [0.15, 0.2) is 105 Å². The Morgan fingerprint density at radius 2 is 1.51 bits per heavy atom. The minimum atomic E-state index is -0.547. The number of benzene rings is 4. The Labute approximate surface area is 219 Å². The Kier molecular flexibility index (Phi) is 7.84. The van der Waals surface area contributed by atoms with Crippen LogP contribution in [0.5, 0.6) is 17.2 Å². The van der Waals surface area contributed by atoms with Gasteiger partial charge in [-0.15, -0.1) is 0 Å². The number of oxime groups is 1. The molecule has 4 aromatic rings. The molecule has 0 saturated carbocycles. The lowest BCUT2D eigenvalue weighted by molar-refractivity contribution is -0.110. The Hall–Kier alpha value is -3.62. The highest BCUT2D eigenvalue weighted by molar-refractivity contribution is 9.11. The van der Waals surface area contributed by atoms with Gasteiger partial charge >= 0.3 is 0 Å². The Balaban J connectivity index is 1.61. The summed E-state index contributed by atoms with van der Waals surface area (Å²) in [6, 6.07) is 27.7. The SMILES string of the molecule is COc1ccc(Oc2c(Br)cc(/C(=N\O)C(=O)Nc3ccccc3)cc2Br)cc1-c1ccccc1. The second-order valence-electron chi connectivity index (χ2n) is 7.37. The molecule has 0 heterocycles. The first kappa shape index (κ1) is 24.5. The van der Waals surface area contributed by atoms with E-state index >= 15 is 0 Å². The van der Waals surface area contributed by atoms with Crippen molar-refractivity contribution in [3.8, 4) is 28.4 Å². The van der Waals surface area contributed by atoms with E-state index in [2.05, 4.69) is 42.3 Å². The van der Waals surface area contributed by atoms with Gasteiger partial charge in [0, 0.05) is 16.8 Å². The van der Waals surface area contributed by atoms with Crippen LogP contribution >= 0.6 is 31.9 Å². The van der Waals surface area contributed by atoms with Gasteiger partial charge in [0.15, 0.2) is 11.5 Å². The molecule has 0 aliphatic rings. The fraction of sp³-hybridized carbons (Fsp3) is 0.0370. The van der Waals surface area contributed by atoms with Crippen LogP contribution < -0.4 is 14.8 Å². The van der Waals surface area contributed by atoms with Crippen molar-refractivity contribution in [2.45, 2.75) is 0 Å². The highest BCUT2D eigenvalue weighted by Gasteiger charge is 2.20. The Morgan fingerprint density at radius 1 is 0.886 bits per heavy atom. The maximum absolute atomic E-state index is 12.7. The molecule has 35 heavy (non-hydrogen) atoms. The van der Waals surface area contributed by atoms with E-state index in [4.69, 9.17) is 9.47 Å². The molecule has 176 valence electrons. The maximum Gasteiger partial charge on any atom is 0.278 e. The van der Waals surface area contributed by atoms with E-state index < -0.39 is 5.91 Å². The quantitative estimate of drug-likeness (QED) is 0.132. The van der Waals surface area contributed by atoms with Crippen LogP contribution in [-0.2, 0) is 4.79 Å². The van der Waals surface area contributed by atoms with Gasteiger partial charge in [0.05, 0.1) is 16.1 Å². The molecule has 0 unspecified atom stereocenters. The van der Waals surface area contributed by atoms with Crippen molar-refractivity contribution in [2.75, 3.05) is 12.4 Å². The van der Waals surface area contributed by atoms with Crippen LogP contribution in [0.4, 0.5) is 5.69 Å². The van der Waals surface area contributed by atoms with Crippen LogP contribution in [0.1, 0.15) is 5.56 Å². The smallest absolute Gasteiger partial charge is 0.278 e. The number of rotatable bonds is 7. The monoisotopic (exact) mass is 594 g/mol. The van der Waals surface area contributed by atoms with Gasteiger partial charge in [-0.25, -0.2) is 0 Å². The minimum Gasteiger partial charge on any atom is -0.496 e. The highest BCUT2D eigenvalue weighted by atomic mass is 79.9. The summed E-state index contributed by atoms with van der Waals surface area (Å²) < 4.78 is 12.8. The summed E-state index contributed by atoms with van der Waals surface area (Å²) in [5.41, 5.74) is 2.73. The molecule has 0 radical (unpaired) electrons. The molecule has 0 atom stereocenters. The fourth-order valence-corrected chi connectivity index (χ4v) is 4.80. The van der Waals surface area contributed by atoms with Crippen LogP contribution in [-0.4, -0.2) is 23.9 Å². The van der Waals surface area contributed by atoms with E-state index in [-0.39, 0.29) is 5.71 Å². The minimum absolute atomic E-state index is 0.141. The molecule has 0 aliphatic heterocycles. The summed E-state index contributed by atoms with van der Waals surface area (Å²) >= 11 is 7.02. The molecule has 1 amide bonds. The number of para-hydroxylation sites is 1. The van der Waals surface area contributed by atoms with Gasteiger partial charge in [-0.1, -0.05) is 53.7 Å². The molecule has 0 aliphatic carbocycles. The lowest BCUT2D eigenvalue weighted by Crippen LogP contribution is -2.24. The largest absolute Gasteiger partial charge is 0.496 e. The van der Waals surface area contributed by atoms with Crippen molar-refractivity contribution in [1.29, 1.82) is 0 Å². The zero-order chi connectivity index (χ0) is 24.8. The lowest BCUT2D eigenvalue weighted by atomic mass is 10.0. The molecule has 4 rings (SSSR count). The first-order chi connectivity index (χ1) is 17.0. The third-order valence-corrected chi connectivity index (χ3v) is 6.27. The van der Waals surface area contributed by atoms with Gasteiger partial charge in [0.1, 0.15) is 11.5 Å². The number of nitrogens with zero attached hydrogens (tertiary/aromatic N) is 1. The van der Waals surface area contributed by atoms with Crippen LogP contribution in [0, 0.1) is 0 Å². The lowest BCUT2D eigenvalue weighted by Gasteiger charge is -2.15. The normalized spacial score (nSPS) is 11.1. The second-order valence-corrected chi connectivity index (χ2v) is 9.08. The second kappa shape index (κ2) is 11.2. The fourth-order valence-electron chi connectivity index (χ4n) is 3.45. The molecular weight excluding hydrogens is 576 g/mol. The summed E-state index contributed by atoms with van der Waals surface area (Å²) in [4.78, 5) is 12.7. The Morgan fingerprint density at radius 3 is 2.11 bits per heavy atom. The summed E-state index contributed by atoms with van der Waals surface area (Å²) in [7, 11) is 1.63. The standard InChI is InChI=1S/C27H20Br2N2O4/c1-34-24-13-12-20(16-21(24)17-8-4-2-5-9-17)35-26-22(28)14-18(15-23(26)29)25(31-33)27(32)30-19-10-6-3-7-11-19/h2-16,33H,1H3,(H,30,32)/b31-25+. The van der Waals surface area contributed by atoms with Gasteiger partial charge < -0.3 is 20.0 Å². The number of amides is 1. The van der Waals surface area contributed by atoms with Gasteiger partial charge in [-0.2, -0.15) is 0 Å². The molecule has 6 nitrogen and oxygen atoms in total. The molecule has 8 heteroatoms. The van der Waals surface area contributed by atoms with E-state index in [1.165, 1.54) is 0 Å². The van der Waals surface area contributed by atoms with Crippen molar-refractivity contribution in [3.63, 3.8) is 0 Å². The van der Waals surface area contributed by atoms with E-state index in [0.717, 1.165) is 16.9 Å². The number of anilines is 1. The third kappa shape index (κ3) is 5.72. The highest BCUT2D eigenvalue weighted by Crippen LogP contribution is 2.40. The van der Waals surface area contributed by atoms with E-state index in [1.807, 2.05) is 54.6 Å². The van der Waals surface area contributed by atoms with Crippen molar-refractivity contribution >= 4 is 49.2 Å². The van der Waals surface area contributed by atoms with E-state index in [1.54, 1.807) is 43.5 Å². The average Bonchev–Trinajstić information content (AvgIpc) is 2.87. The van der Waals surface area contributed by atoms with Crippen LogP contribution in [0.2, 0.25) is 0 Å². The van der Waals surface area contributed by atoms with Crippen molar-refractivity contribution in [3.05, 3.63) is 106 Å². The number of carbonyl (C=O) groups is 1. The Bertz CT molecular complexity index is 1350. The molecule has 4 aromatic carbocycles. The van der Waals surface area contributed by atoms with Crippen LogP contribution in [0.25, 0.3) is 11.1 Å². The molecule has 0 bridgehead atoms. The van der Waals surface area contributed by atoms with Crippen molar-refractivity contribution in [1.82, 2.24) is 0 Å². The average molecular weight is 596 g/mol. The molecule has 0 saturated heterocycles. The zero-order valence-electron chi connectivity index (χ0n) is 18.5. The topological polar surface area (TPSA) is 80.2 Å². The van der Waals surface area contributed by atoms with Gasteiger partial charge in [0.25, 0.3) is 5.91 Å².